The second kappa shape index (κ2) is 11.8. The molecule has 1 unspecified atom stereocenters. The molecule has 9 nitrogen and oxygen atoms in total. The fourth-order valence-electron chi connectivity index (χ4n) is 4.24. The van der Waals surface area contributed by atoms with E-state index in [9.17, 15) is 13.2 Å². The van der Waals surface area contributed by atoms with E-state index in [2.05, 4.69) is 25.6 Å². The molecule has 13 heteroatoms. The van der Waals surface area contributed by atoms with Crippen molar-refractivity contribution in [2.45, 2.75) is 44.1 Å². The molecule has 3 aromatic rings. The van der Waals surface area contributed by atoms with Gasteiger partial charge in [-0.1, -0.05) is 0 Å². The summed E-state index contributed by atoms with van der Waals surface area (Å²) in [7, 11) is 0. The number of hydrogen-bond acceptors (Lipinski definition) is 10. The maximum atomic E-state index is 13.0. The summed E-state index contributed by atoms with van der Waals surface area (Å²) in [5.74, 6) is 1.40. The van der Waals surface area contributed by atoms with E-state index in [1.165, 1.54) is 6.33 Å². The molecule has 200 valence electrons. The summed E-state index contributed by atoms with van der Waals surface area (Å²) in [5.41, 5.74) is -0.411. The number of fused-ring (bicyclic) bond motifs is 1. The molecule has 0 spiro atoms. The molecule has 5 rings (SSSR count). The number of morpholine rings is 1. The molecule has 0 radical (unpaired) electrons. The molecule has 0 amide bonds. The van der Waals surface area contributed by atoms with Crippen molar-refractivity contribution in [1.82, 2.24) is 20.3 Å². The van der Waals surface area contributed by atoms with Gasteiger partial charge in [0.1, 0.15) is 29.7 Å². The zero-order chi connectivity index (χ0) is 25.7. The van der Waals surface area contributed by atoms with E-state index >= 15 is 0 Å². The number of nitrogens with one attached hydrogen (secondary N) is 2. The van der Waals surface area contributed by atoms with Gasteiger partial charge in [0.2, 0.25) is 0 Å². The van der Waals surface area contributed by atoms with Crippen molar-refractivity contribution in [3.63, 3.8) is 0 Å². The van der Waals surface area contributed by atoms with Crippen molar-refractivity contribution < 1.29 is 32.1 Å². The molecule has 2 aliphatic heterocycles. The molecular formula is C24H28F3N5O4S. The number of anilines is 2. The van der Waals surface area contributed by atoms with E-state index in [-0.39, 0.29) is 17.3 Å². The Kier molecular flexibility index (Phi) is 8.23. The Balaban J connectivity index is 1.37. The number of thiazole rings is 1. The third-order valence-corrected chi connectivity index (χ3v) is 6.86. The molecule has 0 saturated carbocycles. The molecule has 1 atom stereocenters. The number of nitrogens with zero attached hydrogens (tertiary/aromatic N) is 3. The SMILES string of the molecule is FC(F)(F)c1csc(Nc2ncnc3cc(OCCCC4CNCCO4)cc(OC4CCOCC4)c23)n1. The lowest BCUT2D eigenvalue weighted by atomic mass is 10.1. The molecule has 2 N–H and O–H groups in total. The number of hydrogen-bond donors (Lipinski definition) is 2. The summed E-state index contributed by atoms with van der Waals surface area (Å²) < 4.78 is 62.7. The Bertz CT molecular complexity index is 1180. The maximum Gasteiger partial charge on any atom is 0.434 e. The van der Waals surface area contributed by atoms with Gasteiger partial charge >= 0.3 is 6.18 Å². The van der Waals surface area contributed by atoms with Gasteiger partial charge in [0.15, 0.2) is 10.8 Å². The fraction of sp³-hybridized carbons (Fsp3) is 0.542. The fourth-order valence-corrected chi connectivity index (χ4v) is 4.96. The van der Waals surface area contributed by atoms with Crippen molar-refractivity contribution in [1.29, 1.82) is 0 Å². The third kappa shape index (κ3) is 6.78. The highest BCUT2D eigenvalue weighted by Crippen LogP contribution is 2.38. The van der Waals surface area contributed by atoms with Gasteiger partial charge in [-0.3, -0.25) is 0 Å². The monoisotopic (exact) mass is 539 g/mol. The standard InChI is InChI=1S/C24H28F3N5O4S/c25-24(26,27)20-13-37-23(31-20)32-22-21-18(29-14-30-22)10-17(11-19(21)36-15-3-7-33-8-4-15)34-6-1-2-16-12-28-5-9-35-16/h10-11,13-16,28H,1-9,12H2,(H,29,30,31,32). The molecule has 0 bridgehead atoms. The van der Waals surface area contributed by atoms with E-state index in [0.717, 1.165) is 62.1 Å². The van der Waals surface area contributed by atoms with Crippen molar-refractivity contribution in [3.05, 3.63) is 29.5 Å². The number of benzene rings is 1. The van der Waals surface area contributed by atoms with E-state index in [1.807, 2.05) is 0 Å². The van der Waals surface area contributed by atoms with Crippen LogP contribution in [0.4, 0.5) is 24.1 Å². The lowest BCUT2D eigenvalue weighted by Gasteiger charge is -2.25. The maximum absolute atomic E-state index is 13.0. The van der Waals surface area contributed by atoms with Crippen LogP contribution in [0.3, 0.4) is 0 Å². The lowest BCUT2D eigenvalue weighted by Crippen LogP contribution is -2.38. The summed E-state index contributed by atoms with van der Waals surface area (Å²) in [5, 5.41) is 7.82. The Labute approximate surface area is 215 Å². The largest absolute Gasteiger partial charge is 0.493 e. The average Bonchev–Trinajstić information content (AvgIpc) is 3.37. The van der Waals surface area contributed by atoms with Crippen LogP contribution in [-0.2, 0) is 15.7 Å². The third-order valence-electron chi connectivity index (χ3n) is 6.10. The number of halogens is 3. The smallest absolute Gasteiger partial charge is 0.434 e. The Hall–Kier alpha value is -2.74. The van der Waals surface area contributed by atoms with Crippen LogP contribution < -0.4 is 20.1 Å². The highest BCUT2D eigenvalue weighted by atomic mass is 32.1. The molecule has 4 heterocycles. The summed E-state index contributed by atoms with van der Waals surface area (Å²) in [6.45, 7) is 4.13. The Morgan fingerprint density at radius 1 is 1.16 bits per heavy atom. The summed E-state index contributed by atoms with van der Waals surface area (Å²) in [4.78, 5) is 12.3. The summed E-state index contributed by atoms with van der Waals surface area (Å²) in [6, 6.07) is 3.56. The van der Waals surface area contributed by atoms with Crippen LogP contribution in [0.25, 0.3) is 10.9 Å². The van der Waals surface area contributed by atoms with Crippen molar-refractivity contribution >= 4 is 33.2 Å². The first-order valence-electron chi connectivity index (χ1n) is 12.2. The number of ether oxygens (including phenoxy) is 4. The van der Waals surface area contributed by atoms with Gasteiger partial charge in [0.25, 0.3) is 0 Å². The second-order valence-electron chi connectivity index (χ2n) is 8.82. The average molecular weight is 540 g/mol. The van der Waals surface area contributed by atoms with Gasteiger partial charge in [-0.25, -0.2) is 15.0 Å². The lowest BCUT2D eigenvalue weighted by molar-refractivity contribution is -0.140. The molecule has 2 aliphatic rings. The highest BCUT2D eigenvalue weighted by Gasteiger charge is 2.34. The van der Waals surface area contributed by atoms with Gasteiger partial charge < -0.3 is 29.6 Å². The van der Waals surface area contributed by atoms with Crippen LogP contribution in [0.5, 0.6) is 11.5 Å². The first-order chi connectivity index (χ1) is 18.0. The number of rotatable bonds is 9. The van der Waals surface area contributed by atoms with Crippen LogP contribution in [-0.4, -0.2) is 66.7 Å². The summed E-state index contributed by atoms with van der Waals surface area (Å²) >= 11 is 0.850. The molecule has 2 fully saturated rings. The molecular weight excluding hydrogens is 511 g/mol. The Morgan fingerprint density at radius 3 is 2.78 bits per heavy atom. The predicted molar refractivity (Wildman–Crippen MR) is 132 cm³/mol. The van der Waals surface area contributed by atoms with E-state index < -0.39 is 11.9 Å². The normalized spacial score (nSPS) is 19.2. The summed E-state index contributed by atoms with van der Waals surface area (Å²) in [6.07, 6.45) is 0.0869. The van der Waals surface area contributed by atoms with Crippen LogP contribution >= 0.6 is 11.3 Å². The topological polar surface area (TPSA) is 99.7 Å². The first kappa shape index (κ1) is 25.9. The van der Waals surface area contributed by atoms with E-state index in [1.54, 1.807) is 12.1 Å². The van der Waals surface area contributed by atoms with Gasteiger partial charge in [0.05, 0.1) is 43.4 Å². The van der Waals surface area contributed by atoms with Gasteiger partial charge in [-0.2, -0.15) is 13.2 Å². The van der Waals surface area contributed by atoms with Crippen LogP contribution in [0.2, 0.25) is 0 Å². The quantitative estimate of drug-likeness (QED) is 0.379. The molecule has 2 aromatic heterocycles. The minimum Gasteiger partial charge on any atom is -0.493 e. The first-order valence-corrected chi connectivity index (χ1v) is 13.1. The Morgan fingerprint density at radius 2 is 2.03 bits per heavy atom. The van der Waals surface area contributed by atoms with Crippen molar-refractivity contribution in [2.24, 2.45) is 0 Å². The minimum atomic E-state index is -4.52. The van der Waals surface area contributed by atoms with Crippen LogP contribution in [0.1, 0.15) is 31.4 Å². The molecule has 37 heavy (non-hydrogen) atoms. The van der Waals surface area contributed by atoms with E-state index in [0.29, 0.717) is 48.0 Å². The van der Waals surface area contributed by atoms with Crippen LogP contribution in [0, 0.1) is 0 Å². The second-order valence-corrected chi connectivity index (χ2v) is 9.67. The number of aromatic nitrogens is 3. The zero-order valence-corrected chi connectivity index (χ0v) is 20.9. The zero-order valence-electron chi connectivity index (χ0n) is 20.1. The van der Waals surface area contributed by atoms with E-state index in [4.69, 9.17) is 18.9 Å². The molecule has 2 saturated heterocycles. The van der Waals surface area contributed by atoms with Gasteiger partial charge in [0, 0.05) is 43.4 Å². The molecule has 0 aliphatic carbocycles. The van der Waals surface area contributed by atoms with Gasteiger partial charge in [-0.05, 0) is 12.8 Å². The highest BCUT2D eigenvalue weighted by molar-refractivity contribution is 7.13. The predicted octanol–water partition coefficient (Wildman–Crippen LogP) is 4.55. The van der Waals surface area contributed by atoms with Crippen LogP contribution in [0.15, 0.2) is 23.8 Å². The van der Waals surface area contributed by atoms with Gasteiger partial charge in [-0.15, -0.1) is 11.3 Å². The number of alkyl halides is 3. The minimum absolute atomic E-state index is 0.0732. The van der Waals surface area contributed by atoms with Crippen molar-refractivity contribution in [3.8, 4) is 11.5 Å². The van der Waals surface area contributed by atoms with Crippen molar-refractivity contribution in [2.75, 3.05) is 44.8 Å². The molecule has 1 aromatic carbocycles.